The smallest absolute Gasteiger partial charge is 0.278 e. The van der Waals surface area contributed by atoms with E-state index in [1.54, 1.807) is 6.07 Å². The van der Waals surface area contributed by atoms with Gasteiger partial charge in [-0.05, 0) is 19.9 Å². The van der Waals surface area contributed by atoms with Crippen molar-refractivity contribution in [1.82, 2.24) is 19.9 Å². The third-order valence-corrected chi connectivity index (χ3v) is 3.12. The molecule has 0 aliphatic heterocycles. The highest BCUT2D eigenvalue weighted by Gasteiger charge is 2.12. The van der Waals surface area contributed by atoms with Crippen molar-refractivity contribution in [2.24, 2.45) is 0 Å². The Morgan fingerprint density at radius 1 is 1.14 bits per heavy atom. The number of hydrogen-bond donors (Lipinski definition) is 0. The van der Waals surface area contributed by atoms with Gasteiger partial charge in [0.1, 0.15) is 5.69 Å². The second-order valence-corrected chi connectivity index (χ2v) is 4.66. The normalized spacial score (nSPS) is 10.8. The minimum atomic E-state index is -0.153. The monoisotopic (exact) mass is 282 g/mol. The summed E-state index contributed by atoms with van der Waals surface area (Å²) in [5.74, 6) is 0.800. The summed E-state index contributed by atoms with van der Waals surface area (Å²) in [4.78, 5) is 15.9. The Morgan fingerprint density at radius 2 is 1.90 bits per heavy atom. The van der Waals surface area contributed by atoms with Crippen LogP contribution < -0.4 is 5.56 Å². The van der Waals surface area contributed by atoms with Crippen LogP contribution in [0.1, 0.15) is 12.5 Å². The SMILES string of the molecule is CCn1nc(-c2nc(-c3ccc(C)cc3)no2)ccc1=O. The second-order valence-electron chi connectivity index (χ2n) is 4.66. The van der Waals surface area contributed by atoms with Crippen molar-refractivity contribution >= 4 is 0 Å². The molecule has 0 aliphatic rings. The average molecular weight is 282 g/mol. The summed E-state index contributed by atoms with van der Waals surface area (Å²) < 4.78 is 6.59. The standard InChI is InChI=1S/C15H14N4O2/c1-3-19-13(20)9-8-12(17-19)15-16-14(18-21-15)11-6-4-10(2)5-7-11/h4-9H,3H2,1-2H3. The van der Waals surface area contributed by atoms with Gasteiger partial charge in [-0.25, -0.2) is 4.68 Å². The highest BCUT2D eigenvalue weighted by Crippen LogP contribution is 2.20. The van der Waals surface area contributed by atoms with E-state index in [1.807, 2.05) is 38.1 Å². The lowest BCUT2D eigenvalue weighted by atomic mass is 10.1. The Morgan fingerprint density at radius 3 is 2.62 bits per heavy atom. The summed E-state index contributed by atoms with van der Waals surface area (Å²) in [6, 6.07) is 10.9. The van der Waals surface area contributed by atoms with E-state index in [2.05, 4.69) is 15.2 Å². The van der Waals surface area contributed by atoms with E-state index >= 15 is 0 Å². The van der Waals surface area contributed by atoms with Crippen molar-refractivity contribution < 1.29 is 4.52 Å². The fraction of sp³-hybridized carbons (Fsp3) is 0.200. The molecule has 0 N–H and O–H groups in total. The summed E-state index contributed by atoms with van der Waals surface area (Å²) in [5, 5.41) is 8.15. The number of rotatable bonds is 3. The van der Waals surface area contributed by atoms with E-state index in [0.717, 1.165) is 5.56 Å². The zero-order valence-corrected chi connectivity index (χ0v) is 11.8. The van der Waals surface area contributed by atoms with Crippen LogP contribution in [0.4, 0.5) is 0 Å². The quantitative estimate of drug-likeness (QED) is 0.736. The van der Waals surface area contributed by atoms with Crippen LogP contribution in [-0.4, -0.2) is 19.9 Å². The molecule has 0 spiro atoms. The van der Waals surface area contributed by atoms with Gasteiger partial charge in [-0.2, -0.15) is 10.1 Å². The Labute approximate surface area is 121 Å². The van der Waals surface area contributed by atoms with Gasteiger partial charge >= 0.3 is 0 Å². The highest BCUT2D eigenvalue weighted by molar-refractivity contribution is 5.57. The maximum absolute atomic E-state index is 11.5. The van der Waals surface area contributed by atoms with Crippen LogP contribution >= 0.6 is 0 Å². The van der Waals surface area contributed by atoms with E-state index in [0.29, 0.717) is 24.0 Å². The fourth-order valence-electron chi connectivity index (χ4n) is 1.94. The first-order valence-corrected chi connectivity index (χ1v) is 6.66. The Bertz CT molecular complexity index is 818. The second kappa shape index (κ2) is 5.32. The molecule has 3 rings (SSSR count). The molecule has 6 nitrogen and oxygen atoms in total. The van der Waals surface area contributed by atoms with Crippen molar-refractivity contribution in [3.8, 4) is 23.0 Å². The van der Waals surface area contributed by atoms with E-state index in [-0.39, 0.29) is 5.56 Å². The van der Waals surface area contributed by atoms with Gasteiger partial charge in [-0.1, -0.05) is 35.0 Å². The Hall–Kier alpha value is -2.76. The number of hydrogen-bond acceptors (Lipinski definition) is 5. The maximum Gasteiger partial charge on any atom is 0.278 e. The molecule has 0 radical (unpaired) electrons. The molecule has 0 saturated carbocycles. The predicted molar refractivity (Wildman–Crippen MR) is 77.6 cm³/mol. The number of benzene rings is 1. The molecular weight excluding hydrogens is 268 g/mol. The van der Waals surface area contributed by atoms with E-state index in [9.17, 15) is 4.79 Å². The van der Waals surface area contributed by atoms with E-state index in [4.69, 9.17) is 4.52 Å². The lowest BCUT2D eigenvalue weighted by Gasteiger charge is -2.00. The topological polar surface area (TPSA) is 73.8 Å². The van der Waals surface area contributed by atoms with Gasteiger partial charge in [-0.3, -0.25) is 4.79 Å². The van der Waals surface area contributed by atoms with E-state index in [1.165, 1.54) is 16.3 Å². The van der Waals surface area contributed by atoms with Crippen LogP contribution in [0, 0.1) is 6.92 Å². The zero-order valence-electron chi connectivity index (χ0n) is 11.8. The largest absolute Gasteiger partial charge is 0.332 e. The average Bonchev–Trinajstić information content (AvgIpc) is 2.98. The summed E-state index contributed by atoms with van der Waals surface area (Å²) in [7, 11) is 0. The molecule has 1 aromatic carbocycles. The Balaban J connectivity index is 1.98. The molecule has 21 heavy (non-hydrogen) atoms. The van der Waals surface area contributed by atoms with Gasteiger partial charge < -0.3 is 4.52 Å². The van der Waals surface area contributed by atoms with Gasteiger partial charge in [0.15, 0.2) is 0 Å². The first-order chi connectivity index (χ1) is 10.2. The van der Waals surface area contributed by atoms with Crippen molar-refractivity contribution in [2.45, 2.75) is 20.4 Å². The minimum absolute atomic E-state index is 0.153. The van der Waals surface area contributed by atoms with Crippen molar-refractivity contribution in [2.75, 3.05) is 0 Å². The molecule has 2 heterocycles. The molecule has 0 amide bonds. The molecule has 2 aromatic heterocycles. The zero-order chi connectivity index (χ0) is 14.8. The van der Waals surface area contributed by atoms with Crippen LogP contribution in [0.5, 0.6) is 0 Å². The van der Waals surface area contributed by atoms with Crippen molar-refractivity contribution in [1.29, 1.82) is 0 Å². The number of aryl methyl sites for hydroxylation is 2. The molecule has 106 valence electrons. The summed E-state index contributed by atoms with van der Waals surface area (Å²) >= 11 is 0. The minimum Gasteiger partial charge on any atom is -0.332 e. The third-order valence-electron chi connectivity index (χ3n) is 3.12. The summed E-state index contributed by atoms with van der Waals surface area (Å²) in [5.41, 5.74) is 2.38. The molecule has 0 aliphatic carbocycles. The third kappa shape index (κ3) is 2.60. The fourth-order valence-corrected chi connectivity index (χ4v) is 1.94. The van der Waals surface area contributed by atoms with Gasteiger partial charge in [0.05, 0.1) is 0 Å². The Kier molecular flexibility index (Phi) is 3.35. The summed E-state index contributed by atoms with van der Waals surface area (Å²) in [6.07, 6.45) is 0. The van der Waals surface area contributed by atoms with E-state index < -0.39 is 0 Å². The van der Waals surface area contributed by atoms with Crippen LogP contribution in [0.25, 0.3) is 23.0 Å². The van der Waals surface area contributed by atoms with Crippen LogP contribution in [-0.2, 0) is 6.54 Å². The maximum atomic E-state index is 11.5. The molecule has 0 unspecified atom stereocenters. The highest BCUT2D eigenvalue weighted by atomic mass is 16.5. The predicted octanol–water partition coefficient (Wildman–Crippen LogP) is 2.29. The molecular formula is C15H14N4O2. The van der Waals surface area contributed by atoms with Crippen LogP contribution in [0.2, 0.25) is 0 Å². The molecule has 0 saturated heterocycles. The molecule has 6 heteroatoms. The van der Waals surface area contributed by atoms with Gasteiger partial charge in [0, 0.05) is 18.2 Å². The van der Waals surface area contributed by atoms with Gasteiger partial charge in [0.25, 0.3) is 11.4 Å². The van der Waals surface area contributed by atoms with Crippen LogP contribution in [0.15, 0.2) is 45.7 Å². The lowest BCUT2D eigenvalue weighted by Crippen LogP contribution is -2.21. The lowest BCUT2D eigenvalue weighted by molar-refractivity contribution is 0.428. The molecule has 3 aromatic rings. The molecule has 0 fully saturated rings. The molecule has 0 bridgehead atoms. The van der Waals surface area contributed by atoms with Crippen molar-refractivity contribution in [3.63, 3.8) is 0 Å². The number of nitrogens with zero attached hydrogens (tertiary/aromatic N) is 4. The first-order valence-electron chi connectivity index (χ1n) is 6.66. The molecule has 0 atom stereocenters. The van der Waals surface area contributed by atoms with Gasteiger partial charge in [0.2, 0.25) is 5.82 Å². The summed E-state index contributed by atoms with van der Waals surface area (Å²) in [6.45, 7) is 4.36. The van der Waals surface area contributed by atoms with Gasteiger partial charge in [-0.15, -0.1) is 0 Å². The van der Waals surface area contributed by atoms with Crippen LogP contribution in [0.3, 0.4) is 0 Å². The number of aromatic nitrogens is 4. The first kappa shape index (κ1) is 13.2. The van der Waals surface area contributed by atoms with Crippen molar-refractivity contribution in [3.05, 3.63) is 52.3 Å².